The third-order valence-electron chi connectivity index (χ3n) is 3.19. The van der Waals surface area contributed by atoms with E-state index in [2.05, 4.69) is 6.92 Å². The summed E-state index contributed by atoms with van der Waals surface area (Å²) in [5.74, 6) is 0. The van der Waals surface area contributed by atoms with Gasteiger partial charge >= 0.3 is 0 Å². The Morgan fingerprint density at radius 2 is 1.58 bits per heavy atom. The van der Waals surface area contributed by atoms with Gasteiger partial charge in [0.2, 0.25) is 0 Å². The van der Waals surface area contributed by atoms with Crippen LogP contribution in [-0.2, 0) is 9.47 Å². The van der Waals surface area contributed by atoms with Crippen molar-refractivity contribution < 1.29 is 9.47 Å². The Bertz CT molecular complexity index is 144. The lowest BCUT2D eigenvalue weighted by atomic mass is 9.75. The van der Waals surface area contributed by atoms with Crippen LogP contribution in [0, 0.1) is 5.41 Å². The van der Waals surface area contributed by atoms with Crippen molar-refractivity contribution in [2.45, 2.75) is 45.3 Å². The Labute approximate surface area is 74.2 Å². The van der Waals surface area contributed by atoms with E-state index in [1.54, 1.807) is 0 Å². The minimum atomic E-state index is 0.0952. The van der Waals surface area contributed by atoms with E-state index in [-0.39, 0.29) is 6.29 Å². The van der Waals surface area contributed by atoms with Gasteiger partial charge in [-0.3, -0.25) is 0 Å². The highest BCUT2D eigenvalue weighted by Gasteiger charge is 2.38. The molecule has 0 radical (unpaired) electrons. The van der Waals surface area contributed by atoms with Gasteiger partial charge in [0.15, 0.2) is 6.29 Å². The zero-order valence-corrected chi connectivity index (χ0v) is 7.84. The molecule has 12 heavy (non-hydrogen) atoms. The molecule has 0 unspecified atom stereocenters. The smallest absolute Gasteiger partial charge is 0.163 e. The highest BCUT2D eigenvalue weighted by atomic mass is 16.7. The van der Waals surface area contributed by atoms with Crippen LogP contribution in [0.15, 0.2) is 0 Å². The monoisotopic (exact) mass is 170 g/mol. The van der Waals surface area contributed by atoms with E-state index >= 15 is 0 Å². The average Bonchev–Trinajstić information content (AvgIpc) is 2.58. The maximum atomic E-state index is 5.57. The number of rotatable bonds is 1. The largest absolute Gasteiger partial charge is 0.350 e. The number of ether oxygens (including phenoxy) is 2. The van der Waals surface area contributed by atoms with E-state index in [0.717, 1.165) is 13.2 Å². The van der Waals surface area contributed by atoms with Gasteiger partial charge in [-0.1, -0.05) is 26.2 Å². The lowest BCUT2D eigenvalue weighted by Crippen LogP contribution is -2.35. The summed E-state index contributed by atoms with van der Waals surface area (Å²) in [5, 5.41) is 0. The molecular weight excluding hydrogens is 152 g/mol. The van der Waals surface area contributed by atoms with E-state index in [9.17, 15) is 0 Å². The van der Waals surface area contributed by atoms with Gasteiger partial charge in [0, 0.05) is 5.41 Å². The Balaban J connectivity index is 1.97. The van der Waals surface area contributed by atoms with E-state index in [0.29, 0.717) is 5.41 Å². The van der Waals surface area contributed by atoms with Crippen LogP contribution in [0.4, 0.5) is 0 Å². The molecule has 0 aromatic rings. The molecule has 2 rings (SSSR count). The molecule has 2 aliphatic rings. The van der Waals surface area contributed by atoms with Crippen LogP contribution in [0.3, 0.4) is 0 Å². The van der Waals surface area contributed by atoms with Gasteiger partial charge in [0.05, 0.1) is 13.2 Å². The predicted octanol–water partition coefficient (Wildman–Crippen LogP) is 2.33. The lowest BCUT2D eigenvalue weighted by molar-refractivity contribution is -0.138. The van der Waals surface area contributed by atoms with Gasteiger partial charge in [-0.15, -0.1) is 0 Å². The first-order valence-electron chi connectivity index (χ1n) is 5.04. The predicted molar refractivity (Wildman–Crippen MR) is 46.9 cm³/mol. The van der Waals surface area contributed by atoms with Crippen molar-refractivity contribution in [3.63, 3.8) is 0 Å². The molecule has 1 aliphatic carbocycles. The van der Waals surface area contributed by atoms with E-state index in [4.69, 9.17) is 9.47 Å². The topological polar surface area (TPSA) is 18.5 Å². The Hall–Kier alpha value is -0.0800. The van der Waals surface area contributed by atoms with E-state index in [1.165, 1.54) is 32.1 Å². The molecule has 2 nitrogen and oxygen atoms in total. The maximum absolute atomic E-state index is 5.57. The molecule has 70 valence electrons. The zero-order valence-electron chi connectivity index (χ0n) is 7.84. The molecule has 0 amide bonds. The molecule has 0 N–H and O–H groups in total. The van der Waals surface area contributed by atoms with Crippen molar-refractivity contribution in [2.24, 2.45) is 5.41 Å². The van der Waals surface area contributed by atoms with Crippen molar-refractivity contribution in [1.29, 1.82) is 0 Å². The second kappa shape index (κ2) is 3.35. The first-order valence-corrected chi connectivity index (χ1v) is 5.04. The van der Waals surface area contributed by atoms with Gasteiger partial charge < -0.3 is 9.47 Å². The maximum Gasteiger partial charge on any atom is 0.163 e. The third-order valence-corrected chi connectivity index (χ3v) is 3.19. The molecule has 1 saturated carbocycles. The minimum absolute atomic E-state index is 0.0952. The SMILES string of the molecule is CC1(C2OCCO2)CCCCC1. The van der Waals surface area contributed by atoms with Crippen LogP contribution in [0.25, 0.3) is 0 Å². The molecule has 2 fully saturated rings. The fourth-order valence-electron chi connectivity index (χ4n) is 2.36. The van der Waals surface area contributed by atoms with Gasteiger partial charge in [-0.25, -0.2) is 0 Å². The van der Waals surface area contributed by atoms with E-state index in [1.807, 2.05) is 0 Å². The molecule has 0 aromatic heterocycles. The minimum Gasteiger partial charge on any atom is -0.350 e. The summed E-state index contributed by atoms with van der Waals surface area (Å²) >= 11 is 0. The van der Waals surface area contributed by atoms with Crippen LogP contribution >= 0.6 is 0 Å². The second-order valence-electron chi connectivity index (χ2n) is 4.29. The average molecular weight is 170 g/mol. The summed E-state index contributed by atoms with van der Waals surface area (Å²) in [6.07, 6.45) is 6.73. The van der Waals surface area contributed by atoms with Crippen LogP contribution in [0.5, 0.6) is 0 Å². The Morgan fingerprint density at radius 1 is 1.00 bits per heavy atom. The number of hydrogen-bond acceptors (Lipinski definition) is 2. The zero-order chi connectivity index (χ0) is 8.44. The summed E-state index contributed by atoms with van der Waals surface area (Å²) < 4.78 is 11.1. The quantitative estimate of drug-likeness (QED) is 0.601. The molecule has 0 bridgehead atoms. The lowest BCUT2D eigenvalue weighted by Gasteiger charge is -2.37. The van der Waals surface area contributed by atoms with Gasteiger partial charge in [0.1, 0.15) is 0 Å². The molecule has 0 aromatic carbocycles. The molecule has 1 saturated heterocycles. The summed E-state index contributed by atoms with van der Waals surface area (Å²) in [6.45, 7) is 3.89. The summed E-state index contributed by atoms with van der Waals surface area (Å²) in [5.41, 5.74) is 0.314. The van der Waals surface area contributed by atoms with Gasteiger partial charge in [-0.05, 0) is 12.8 Å². The molecular formula is C10H18O2. The van der Waals surface area contributed by atoms with Gasteiger partial charge in [0.25, 0.3) is 0 Å². The summed E-state index contributed by atoms with van der Waals surface area (Å²) in [7, 11) is 0. The Kier molecular flexibility index (Phi) is 2.37. The first kappa shape index (κ1) is 8.52. The highest BCUT2D eigenvalue weighted by Crippen LogP contribution is 2.41. The van der Waals surface area contributed by atoms with Crippen LogP contribution in [0.1, 0.15) is 39.0 Å². The molecule has 1 heterocycles. The fourth-order valence-corrected chi connectivity index (χ4v) is 2.36. The second-order valence-corrected chi connectivity index (χ2v) is 4.29. The normalized spacial score (nSPS) is 30.8. The molecule has 0 spiro atoms. The summed E-state index contributed by atoms with van der Waals surface area (Å²) in [4.78, 5) is 0. The van der Waals surface area contributed by atoms with Crippen LogP contribution in [-0.4, -0.2) is 19.5 Å². The van der Waals surface area contributed by atoms with E-state index < -0.39 is 0 Å². The van der Waals surface area contributed by atoms with Crippen molar-refractivity contribution in [3.8, 4) is 0 Å². The van der Waals surface area contributed by atoms with Crippen molar-refractivity contribution >= 4 is 0 Å². The van der Waals surface area contributed by atoms with Crippen molar-refractivity contribution in [1.82, 2.24) is 0 Å². The van der Waals surface area contributed by atoms with Crippen molar-refractivity contribution in [2.75, 3.05) is 13.2 Å². The number of hydrogen-bond donors (Lipinski definition) is 0. The van der Waals surface area contributed by atoms with Crippen LogP contribution < -0.4 is 0 Å². The molecule has 1 aliphatic heterocycles. The summed E-state index contributed by atoms with van der Waals surface area (Å²) in [6, 6.07) is 0. The van der Waals surface area contributed by atoms with Crippen LogP contribution in [0.2, 0.25) is 0 Å². The third kappa shape index (κ3) is 1.50. The molecule has 2 heteroatoms. The fraction of sp³-hybridized carbons (Fsp3) is 1.00. The first-order chi connectivity index (χ1) is 5.81. The molecule has 0 atom stereocenters. The Morgan fingerprint density at radius 3 is 2.17 bits per heavy atom. The van der Waals surface area contributed by atoms with Crippen molar-refractivity contribution in [3.05, 3.63) is 0 Å². The highest BCUT2D eigenvalue weighted by molar-refractivity contribution is 4.83. The standard InChI is InChI=1S/C10H18O2/c1-10(5-3-2-4-6-10)9-11-7-8-12-9/h9H,2-8H2,1H3. The van der Waals surface area contributed by atoms with Gasteiger partial charge in [-0.2, -0.15) is 0 Å².